The molecule has 0 amide bonds. The highest BCUT2D eigenvalue weighted by molar-refractivity contribution is 9.10. The van der Waals surface area contributed by atoms with Gasteiger partial charge in [-0.25, -0.2) is 13.4 Å². The molecule has 1 unspecified atom stereocenters. The van der Waals surface area contributed by atoms with E-state index in [1.165, 1.54) is 0 Å². The van der Waals surface area contributed by atoms with Crippen molar-refractivity contribution in [1.82, 2.24) is 4.98 Å². The van der Waals surface area contributed by atoms with Crippen LogP contribution >= 0.6 is 27.5 Å². The molecular formula is C10H12BrClN2O2S. The maximum Gasteiger partial charge on any atom is 0.152 e. The minimum absolute atomic E-state index is 0.0973. The molecule has 1 aliphatic rings. The summed E-state index contributed by atoms with van der Waals surface area (Å²) in [5.74, 6) is 0.977. The number of pyridine rings is 1. The second-order valence-corrected chi connectivity index (χ2v) is 7.63. The number of aromatic nitrogens is 1. The molecule has 0 aromatic carbocycles. The quantitative estimate of drug-likeness (QED) is 0.899. The van der Waals surface area contributed by atoms with Crippen molar-refractivity contribution in [3.63, 3.8) is 0 Å². The molecule has 0 spiro atoms. The van der Waals surface area contributed by atoms with Crippen LogP contribution in [-0.4, -0.2) is 30.9 Å². The number of halogens is 2. The van der Waals surface area contributed by atoms with Crippen LogP contribution in [0.2, 0.25) is 5.02 Å². The number of nitrogens with zero attached hydrogens (tertiary/aromatic N) is 1. The van der Waals surface area contributed by atoms with E-state index in [-0.39, 0.29) is 17.5 Å². The van der Waals surface area contributed by atoms with Crippen molar-refractivity contribution in [2.45, 2.75) is 18.9 Å². The molecule has 1 N–H and O–H groups in total. The molecule has 2 rings (SSSR count). The van der Waals surface area contributed by atoms with Gasteiger partial charge in [0.25, 0.3) is 0 Å². The molecule has 0 aliphatic carbocycles. The molecule has 0 bridgehead atoms. The highest BCUT2D eigenvalue weighted by Crippen LogP contribution is 2.25. The van der Waals surface area contributed by atoms with Gasteiger partial charge >= 0.3 is 0 Å². The molecule has 94 valence electrons. The van der Waals surface area contributed by atoms with Crippen LogP contribution in [0.5, 0.6) is 0 Å². The standard InChI is InChI=1S/C10H12BrClN2O2S/c11-7-4-9(12)10(13-5-7)14-8-2-1-3-17(15,16)6-8/h4-5,8H,1-3,6H2,(H,13,14). The van der Waals surface area contributed by atoms with Crippen LogP contribution in [-0.2, 0) is 9.84 Å². The van der Waals surface area contributed by atoms with Crippen molar-refractivity contribution in [2.75, 3.05) is 16.8 Å². The number of anilines is 1. The Hall–Kier alpha value is -0.330. The highest BCUT2D eigenvalue weighted by Gasteiger charge is 2.25. The van der Waals surface area contributed by atoms with Gasteiger partial charge in [-0.05, 0) is 34.8 Å². The molecule has 1 fully saturated rings. The largest absolute Gasteiger partial charge is 0.365 e. The maximum absolute atomic E-state index is 11.5. The second-order valence-electron chi connectivity index (χ2n) is 4.08. The van der Waals surface area contributed by atoms with Crippen LogP contribution < -0.4 is 5.32 Å². The van der Waals surface area contributed by atoms with E-state index >= 15 is 0 Å². The Morgan fingerprint density at radius 1 is 1.53 bits per heavy atom. The van der Waals surface area contributed by atoms with Gasteiger partial charge in [0.05, 0.1) is 16.5 Å². The van der Waals surface area contributed by atoms with Crippen molar-refractivity contribution in [2.24, 2.45) is 0 Å². The van der Waals surface area contributed by atoms with Crippen LogP contribution in [0.25, 0.3) is 0 Å². The monoisotopic (exact) mass is 338 g/mol. The third-order valence-electron chi connectivity index (χ3n) is 2.61. The average Bonchev–Trinajstić information content (AvgIpc) is 2.21. The summed E-state index contributed by atoms with van der Waals surface area (Å²) in [5, 5.41) is 3.58. The van der Waals surface area contributed by atoms with Gasteiger partial charge in [-0.3, -0.25) is 0 Å². The molecule has 0 radical (unpaired) electrons. The van der Waals surface area contributed by atoms with Gasteiger partial charge in [-0.1, -0.05) is 11.6 Å². The molecule has 1 atom stereocenters. The molecule has 1 aliphatic heterocycles. The topological polar surface area (TPSA) is 59.1 Å². The highest BCUT2D eigenvalue weighted by atomic mass is 79.9. The molecule has 17 heavy (non-hydrogen) atoms. The fraction of sp³-hybridized carbons (Fsp3) is 0.500. The Kier molecular flexibility index (Phi) is 3.95. The zero-order chi connectivity index (χ0) is 12.5. The van der Waals surface area contributed by atoms with Crippen molar-refractivity contribution < 1.29 is 8.42 Å². The summed E-state index contributed by atoms with van der Waals surface area (Å²) in [5.41, 5.74) is 0. The van der Waals surface area contributed by atoms with Gasteiger partial charge in [0.1, 0.15) is 5.82 Å². The molecule has 1 aromatic rings. The van der Waals surface area contributed by atoms with Gasteiger partial charge in [0.2, 0.25) is 0 Å². The Morgan fingerprint density at radius 2 is 2.29 bits per heavy atom. The third kappa shape index (κ3) is 3.56. The predicted octanol–water partition coefficient (Wildman–Crippen LogP) is 2.49. The molecular weight excluding hydrogens is 328 g/mol. The Morgan fingerprint density at radius 3 is 2.94 bits per heavy atom. The van der Waals surface area contributed by atoms with Crippen LogP contribution in [0.15, 0.2) is 16.7 Å². The number of sulfone groups is 1. The van der Waals surface area contributed by atoms with E-state index in [1.54, 1.807) is 12.3 Å². The van der Waals surface area contributed by atoms with Crippen LogP contribution in [0.3, 0.4) is 0 Å². The molecule has 7 heteroatoms. The van der Waals surface area contributed by atoms with Crippen molar-refractivity contribution in [1.29, 1.82) is 0 Å². The van der Waals surface area contributed by atoms with E-state index in [1.807, 2.05) is 0 Å². The zero-order valence-electron chi connectivity index (χ0n) is 8.99. The fourth-order valence-electron chi connectivity index (χ4n) is 1.85. The van der Waals surface area contributed by atoms with E-state index in [2.05, 4.69) is 26.2 Å². The molecule has 1 saturated heterocycles. The van der Waals surface area contributed by atoms with Crippen molar-refractivity contribution >= 4 is 43.2 Å². The first kappa shape index (κ1) is 13.1. The second kappa shape index (κ2) is 5.12. The SMILES string of the molecule is O=S1(=O)CCCC(Nc2ncc(Br)cc2Cl)C1. The summed E-state index contributed by atoms with van der Waals surface area (Å²) < 4.78 is 23.8. The Labute approximate surface area is 114 Å². The van der Waals surface area contributed by atoms with Gasteiger partial charge in [-0.15, -0.1) is 0 Å². The fourth-order valence-corrected chi connectivity index (χ4v) is 4.17. The summed E-state index contributed by atoms with van der Waals surface area (Å²) in [4.78, 5) is 4.13. The Balaban J connectivity index is 2.10. The van der Waals surface area contributed by atoms with Gasteiger partial charge in [-0.2, -0.15) is 0 Å². The lowest BCUT2D eigenvalue weighted by molar-refractivity contribution is 0.561. The number of hydrogen-bond acceptors (Lipinski definition) is 4. The van der Waals surface area contributed by atoms with E-state index in [0.29, 0.717) is 17.3 Å². The summed E-state index contributed by atoms with van der Waals surface area (Å²) in [6.07, 6.45) is 3.15. The number of hydrogen-bond donors (Lipinski definition) is 1. The lowest BCUT2D eigenvalue weighted by atomic mass is 10.2. The Bertz CT molecular complexity index is 521. The van der Waals surface area contributed by atoms with Gasteiger partial charge < -0.3 is 5.32 Å². The molecule has 4 nitrogen and oxygen atoms in total. The normalized spacial score (nSPS) is 23.3. The molecule has 2 heterocycles. The summed E-state index contributed by atoms with van der Waals surface area (Å²) in [7, 11) is -2.92. The van der Waals surface area contributed by atoms with E-state index in [0.717, 1.165) is 10.9 Å². The minimum Gasteiger partial charge on any atom is -0.365 e. The minimum atomic E-state index is -2.92. The summed E-state index contributed by atoms with van der Waals surface area (Å²) in [6.45, 7) is 0. The first-order valence-electron chi connectivity index (χ1n) is 5.24. The van der Waals surface area contributed by atoms with Crippen molar-refractivity contribution in [3.05, 3.63) is 21.8 Å². The third-order valence-corrected chi connectivity index (χ3v) is 5.15. The molecule has 0 saturated carbocycles. The summed E-state index contributed by atoms with van der Waals surface area (Å²) in [6, 6.07) is 1.63. The van der Waals surface area contributed by atoms with E-state index in [9.17, 15) is 8.42 Å². The zero-order valence-corrected chi connectivity index (χ0v) is 12.1. The average molecular weight is 340 g/mol. The lowest BCUT2D eigenvalue weighted by Crippen LogP contribution is -2.35. The van der Waals surface area contributed by atoms with E-state index in [4.69, 9.17) is 11.6 Å². The first-order valence-corrected chi connectivity index (χ1v) is 8.23. The van der Waals surface area contributed by atoms with E-state index < -0.39 is 9.84 Å². The summed E-state index contributed by atoms with van der Waals surface area (Å²) >= 11 is 9.28. The van der Waals surface area contributed by atoms with Gasteiger partial charge in [0, 0.05) is 16.7 Å². The maximum atomic E-state index is 11.5. The van der Waals surface area contributed by atoms with Crippen molar-refractivity contribution in [3.8, 4) is 0 Å². The lowest BCUT2D eigenvalue weighted by Gasteiger charge is -2.23. The van der Waals surface area contributed by atoms with Crippen LogP contribution in [0.1, 0.15) is 12.8 Å². The smallest absolute Gasteiger partial charge is 0.152 e. The first-order chi connectivity index (χ1) is 7.96. The predicted molar refractivity (Wildman–Crippen MR) is 72.2 cm³/mol. The number of rotatable bonds is 2. The number of nitrogens with one attached hydrogen (secondary N) is 1. The molecule has 1 aromatic heterocycles. The van der Waals surface area contributed by atoms with Gasteiger partial charge in [0.15, 0.2) is 9.84 Å². The van der Waals surface area contributed by atoms with Crippen LogP contribution in [0, 0.1) is 0 Å². The van der Waals surface area contributed by atoms with Crippen LogP contribution in [0.4, 0.5) is 5.82 Å².